The fraction of sp³-hybridized carbons (Fsp3) is 0.611. The van der Waals surface area contributed by atoms with E-state index in [-0.39, 0.29) is 17.9 Å². The molecular formula is C18H24N2O. The zero-order valence-corrected chi connectivity index (χ0v) is 12.4. The maximum absolute atomic E-state index is 12.5. The van der Waals surface area contributed by atoms with Gasteiger partial charge in [-0.1, -0.05) is 30.3 Å². The second kappa shape index (κ2) is 5.13. The first-order chi connectivity index (χ1) is 10.2. The minimum absolute atomic E-state index is 0.0829. The summed E-state index contributed by atoms with van der Waals surface area (Å²) in [6.45, 7) is 0. The van der Waals surface area contributed by atoms with Gasteiger partial charge in [0.15, 0.2) is 0 Å². The Hall–Kier alpha value is -1.35. The van der Waals surface area contributed by atoms with Gasteiger partial charge in [0.05, 0.1) is 5.92 Å². The molecule has 3 nitrogen and oxygen atoms in total. The summed E-state index contributed by atoms with van der Waals surface area (Å²) < 4.78 is 0. The van der Waals surface area contributed by atoms with Crippen molar-refractivity contribution in [3.63, 3.8) is 0 Å². The van der Waals surface area contributed by atoms with E-state index in [1.807, 2.05) is 0 Å². The Kier molecular flexibility index (Phi) is 3.26. The van der Waals surface area contributed by atoms with E-state index in [4.69, 9.17) is 5.73 Å². The highest BCUT2D eigenvalue weighted by Crippen LogP contribution is 2.48. The number of hydrogen-bond donors (Lipinski definition) is 2. The first-order valence-electron chi connectivity index (χ1n) is 8.33. The van der Waals surface area contributed by atoms with Crippen LogP contribution in [-0.4, -0.2) is 18.0 Å². The van der Waals surface area contributed by atoms with Crippen molar-refractivity contribution >= 4 is 5.91 Å². The van der Waals surface area contributed by atoms with Crippen LogP contribution >= 0.6 is 0 Å². The van der Waals surface area contributed by atoms with Crippen molar-refractivity contribution in [1.82, 2.24) is 5.32 Å². The molecule has 3 aliphatic rings. The normalized spacial score (nSPS) is 40.8. The van der Waals surface area contributed by atoms with E-state index in [0.717, 1.165) is 12.8 Å². The SMILES string of the molecule is NC1C2CCC(C2)C1C(=O)NC1CC(c2ccccc2)C1. The lowest BCUT2D eigenvalue weighted by Gasteiger charge is -2.38. The van der Waals surface area contributed by atoms with E-state index < -0.39 is 0 Å². The first kappa shape index (κ1) is 13.3. The average molecular weight is 284 g/mol. The van der Waals surface area contributed by atoms with Gasteiger partial charge in [-0.15, -0.1) is 0 Å². The summed E-state index contributed by atoms with van der Waals surface area (Å²) in [6.07, 6.45) is 5.76. The van der Waals surface area contributed by atoms with Crippen molar-refractivity contribution in [1.29, 1.82) is 0 Å². The molecule has 3 N–H and O–H groups in total. The van der Waals surface area contributed by atoms with Gasteiger partial charge in [-0.3, -0.25) is 4.79 Å². The monoisotopic (exact) mass is 284 g/mol. The predicted molar refractivity (Wildman–Crippen MR) is 82.6 cm³/mol. The summed E-state index contributed by atoms with van der Waals surface area (Å²) in [4.78, 5) is 12.5. The molecule has 1 aromatic rings. The third kappa shape index (κ3) is 2.28. The highest BCUT2D eigenvalue weighted by Gasteiger charge is 2.49. The minimum atomic E-state index is 0.0829. The molecule has 3 saturated carbocycles. The van der Waals surface area contributed by atoms with Crippen LogP contribution in [0.15, 0.2) is 30.3 Å². The second-order valence-electron chi connectivity index (χ2n) is 7.22. The van der Waals surface area contributed by atoms with E-state index in [1.165, 1.54) is 24.8 Å². The number of carbonyl (C=O) groups is 1. The molecule has 0 heterocycles. The Morgan fingerprint density at radius 2 is 1.76 bits per heavy atom. The van der Waals surface area contributed by atoms with E-state index in [9.17, 15) is 4.79 Å². The highest BCUT2D eigenvalue weighted by atomic mass is 16.2. The van der Waals surface area contributed by atoms with E-state index in [0.29, 0.717) is 23.8 Å². The summed E-state index contributed by atoms with van der Waals surface area (Å²) in [5.74, 6) is 2.08. The van der Waals surface area contributed by atoms with Crippen molar-refractivity contribution < 1.29 is 4.79 Å². The molecule has 3 aliphatic carbocycles. The lowest BCUT2D eigenvalue weighted by molar-refractivity contribution is -0.128. The standard InChI is InChI=1S/C18H24N2O/c19-17-13-7-6-12(8-13)16(17)18(21)20-15-9-14(10-15)11-4-2-1-3-5-11/h1-5,12-17H,6-10,19H2,(H,20,21). The van der Waals surface area contributed by atoms with Crippen molar-refractivity contribution in [2.24, 2.45) is 23.5 Å². The Balaban J connectivity index is 1.31. The Morgan fingerprint density at radius 1 is 1.05 bits per heavy atom. The molecule has 0 aromatic heterocycles. The largest absolute Gasteiger partial charge is 0.353 e. The molecule has 0 radical (unpaired) electrons. The van der Waals surface area contributed by atoms with Gasteiger partial charge in [-0.05, 0) is 55.4 Å². The molecule has 3 fully saturated rings. The van der Waals surface area contributed by atoms with Crippen LogP contribution in [0.2, 0.25) is 0 Å². The minimum Gasteiger partial charge on any atom is -0.353 e. The maximum atomic E-state index is 12.5. The zero-order chi connectivity index (χ0) is 14.4. The number of benzene rings is 1. The Labute approximate surface area is 126 Å². The molecule has 1 aromatic carbocycles. The summed E-state index contributed by atoms with van der Waals surface area (Å²) >= 11 is 0. The number of amides is 1. The molecule has 2 bridgehead atoms. The van der Waals surface area contributed by atoms with Crippen LogP contribution in [-0.2, 0) is 4.79 Å². The highest BCUT2D eigenvalue weighted by molar-refractivity contribution is 5.80. The molecule has 21 heavy (non-hydrogen) atoms. The molecule has 0 spiro atoms. The Morgan fingerprint density at radius 3 is 2.43 bits per heavy atom. The van der Waals surface area contributed by atoms with Crippen LogP contribution in [0, 0.1) is 17.8 Å². The fourth-order valence-electron chi connectivity index (χ4n) is 4.76. The second-order valence-corrected chi connectivity index (χ2v) is 7.22. The molecule has 0 aliphatic heterocycles. The smallest absolute Gasteiger partial charge is 0.225 e. The summed E-state index contributed by atoms with van der Waals surface area (Å²) in [5, 5.41) is 3.25. The number of nitrogens with one attached hydrogen (secondary N) is 1. The Bertz CT molecular complexity index is 521. The number of carbonyl (C=O) groups excluding carboxylic acids is 1. The topological polar surface area (TPSA) is 55.1 Å². The summed E-state index contributed by atoms with van der Waals surface area (Å²) in [5.41, 5.74) is 7.66. The quantitative estimate of drug-likeness (QED) is 0.895. The molecule has 0 saturated heterocycles. The van der Waals surface area contributed by atoms with Crippen LogP contribution in [0.3, 0.4) is 0 Å². The molecule has 3 heteroatoms. The molecule has 4 rings (SSSR count). The zero-order valence-electron chi connectivity index (χ0n) is 12.4. The van der Waals surface area contributed by atoms with Gasteiger partial charge in [0.2, 0.25) is 5.91 Å². The van der Waals surface area contributed by atoms with Gasteiger partial charge in [0.1, 0.15) is 0 Å². The molecular weight excluding hydrogens is 260 g/mol. The number of fused-ring (bicyclic) bond motifs is 2. The van der Waals surface area contributed by atoms with Crippen molar-refractivity contribution in [2.75, 3.05) is 0 Å². The van der Waals surface area contributed by atoms with Crippen molar-refractivity contribution in [3.8, 4) is 0 Å². The van der Waals surface area contributed by atoms with Gasteiger partial charge < -0.3 is 11.1 Å². The fourth-order valence-corrected chi connectivity index (χ4v) is 4.76. The van der Waals surface area contributed by atoms with Crippen LogP contribution in [0.5, 0.6) is 0 Å². The van der Waals surface area contributed by atoms with E-state index >= 15 is 0 Å². The van der Waals surface area contributed by atoms with Gasteiger partial charge in [-0.25, -0.2) is 0 Å². The van der Waals surface area contributed by atoms with Crippen LogP contribution in [0.25, 0.3) is 0 Å². The summed E-state index contributed by atoms with van der Waals surface area (Å²) in [7, 11) is 0. The lowest BCUT2D eigenvalue weighted by atomic mass is 9.75. The molecule has 4 atom stereocenters. The van der Waals surface area contributed by atoms with Gasteiger partial charge >= 0.3 is 0 Å². The van der Waals surface area contributed by atoms with E-state index in [1.54, 1.807) is 0 Å². The maximum Gasteiger partial charge on any atom is 0.225 e. The lowest BCUT2D eigenvalue weighted by Crippen LogP contribution is -2.51. The van der Waals surface area contributed by atoms with Gasteiger partial charge in [0, 0.05) is 12.1 Å². The first-order valence-corrected chi connectivity index (χ1v) is 8.33. The summed E-state index contributed by atoms with van der Waals surface area (Å²) in [6, 6.07) is 11.1. The van der Waals surface area contributed by atoms with Crippen LogP contribution in [0.4, 0.5) is 0 Å². The van der Waals surface area contributed by atoms with Crippen molar-refractivity contribution in [2.45, 2.75) is 50.1 Å². The van der Waals surface area contributed by atoms with Crippen molar-refractivity contribution in [3.05, 3.63) is 35.9 Å². The third-order valence-corrected chi connectivity index (χ3v) is 6.04. The van der Waals surface area contributed by atoms with Crippen LogP contribution in [0.1, 0.15) is 43.6 Å². The number of nitrogens with two attached hydrogens (primary N) is 1. The third-order valence-electron chi connectivity index (χ3n) is 6.04. The van der Waals surface area contributed by atoms with Gasteiger partial charge in [-0.2, -0.15) is 0 Å². The predicted octanol–water partition coefficient (Wildman–Crippen LogP) is 2.42. The van der Waals surface area contributed by atoms with Gasteiger partial charge in [0.25, 0.3) is 0 Å². The van der Waals surface area contributed by atoms with E-state index in [2.05, 4.69) is 35.6 Å². The molecule has 1 amide bonds. The van der Waals surface area contributed by atoms with Crippen LogP contribution < -0.4 is 11.1 Å². The number of hydrogen-bond acceptors (Lipinski definition) is 2. The molecule has 112 valence electrons. The average Bonchev–Trinajstić information content (AvgIpc) is 3.04. The molecule has 4 unspecified atom stereocenters. The number of rotatable bonds is 3.